The summed E-state index contributed by atoms with van der Waals surface area (Å²) in [6.45, 7) is 4.21. The predicted octanol–water partition coefficient (Wildman–Crippen LogP) is 3.27. The minimum atomic E-state index is 0.456. The van der Waals surface area contributed by atoms with Gasteiger partial charge in [-0.2, -0.15) is 0 Å². The molecule has 70 valence electrons. The summed E-state index contributed by atoms with van der Waals surface area (Å²) in [5, 5.41) is 11.9. The van der Waals surface area contributed by atoms with E-state index in [1.165, 1.54) is 11.8 Å². The molecule has 1 aromatic rings. The van der Waals surface area contributed by atoms with E-state index in [2.05, 4.69) is 19.0 Å². The van der Waals surface area contributed by atoms with Gasteiger partial charge in [0.2, 0.25) is 0 Å². The highest BCUT2D eigenvalue weighted by Crippen LogP contribution is 2.21. The third-order valence-electron chi connectivity index (χ3n) is 1.89. The Morgan fingerprint density at radius 3 is 2.62 bits per heavy atom. The maximum atomic E-state index is 8.33. The van der Waals surface area contributed by atoms with Crippen LogP contribution in [0.4, 0.5) is 0 Å². The van der Waals surface area contributed by atoms with Crippen LogP contribution in [-0.2, 0) is 0 Å². The molecule has 0 saturated carbocycles. The molecular formula is C10H12ClNO. The first kappa shape index (κ1) is 10.1. The van der Waals surface area contributed by atoms with Crippen LogP contribution in [0.5, 0.6) is 0 Å². The van der Waals surface area contributed by atoms with Crippen molar-refractivity contribution >= 4 is 17.8 Å². The molecule has 3 heteroatoms. The van der Waals surface area contributed by atoms with Crippen LogP contribution in [0, 0.1) is 0 Å². The van der Waals surface area contributed by atoms with Crippen LogP contribution in [0.15, 0.2) is 23.4 Å². The van der Waals surface area contributed by atoms with E-state index in [0.29, 0.717) is 10.9 Å². The van der Waals surface area contributed by atoms with Crippen molar-refractivity contribution in [2.45, 2.75) is 19.8 Å². The quantitative estimate of drug-likeness (QED) is 0.441. The largest absolute Gasteiger partial charge is 0.411 e. The molecule has 0 fully saturated rings. The van der Waals surface area contributed by atoms with Gasteiger partial charge >= 0.3 is 0 Å². The molecule has 1 rings (SSSR count). The molecule has 2 nitrogen and oxygen atoms in total. The Labute approximate surface area is 82.8 Å². The lowest BCUT2D eigenvalue weighted by Gasteiger charge is -2.06. The fourth-order valence-corrected chi connectivity index (χ4v) is 1.31. The molecule has 0 aliphatic heterocycles. The van der Waals surface area contributed by atoms with E-state index in [1.807, 2.05) is 18.2 Å². The highest BCUT2D eigenvalue weighted by Gasteiger charge is 2.02. The number of benzene rings is 1. The Bertz CT molecular complexity index is 321. The van der Waals surface area contributed by atoms with Gasteiger partial charge in [-0.1, -0.05) is 42.7 Å². The Balaban J connectivity index is 3.05. The van der Waals surface area contributed by atoms with Crippen molar-refractivity contribution in [1.29, 1.82) is 0 Å². The zero-order valence-corrected chi connectivity index (χ0v) is 8.42. The SMILES string of the molecule is CC(C)c1ccc(C=NO)c(Cl)c1. The number of nitrogens with zero attached hydrogens (tertiary/aromatic N) is 1. The van der Waals surface area contributed by atoms with Gasteiger partial charge in [0.1, 0.15) is 0 Å². The molecule has 0 aliphatic carbocycles. The second-order valence-corrected chi connectivity index (χ2v) is 3.59. The predicted molar refractivity (Wildman–Crippen MR) is 54.9 cm³/mol. The van der Waals surface area contributed by atoms with E-state index in [9.17, 15) is 0 Å². The first-order valence-electron chi connectivity index (χ1n) is 4.12. The Kier molecular flexibility index (Phi) is 3.32. The van der Waals surface area contributed by atoms with E-state index >= 15 is 0 Å². The molecule has 0 atom stereocenters. The first-order chi connectivity index (χ1) is 6.15. The average molecular weight is 198 g/mol. The molecule has 0 spiro atoms. The van der Waals surface area contributed by atoms with Crippen molar-refractivity contribution in [3.63, 3.8) is 0 Å². The number of halogens is 1. The van der Waals surface area contributed by atoms with Gasteiger partial charge in [0.25, 0.3) is 0 Å². The minimum Gasteiger partial charge on any atom is -0.411 e. The third-order valence-corrected chi connectivity index (χ3v) is 2.22. The maximum Gasteiger partial charge on any atom is 0.0748 e. The molecule has 1 aromatic carbocycles. The molecule has 13 heavy (non-hydrogen) atoms. The van der Waals surface area contributed by atoms with E-state index in [4.69, 9.17) is 16.8 Å². The monoisotopic (exact) mass is 197 g/mol. The maximum absolute atomic E-state index is 8.33. The van der Waals surface area contributed by atoms with E-state index in [-0.39, 0.29) is 0 Å². The van der Waals surface area contributed by atoms with E-state index in [1.54, 1.807) is 0 Å². The van der Waals surface area contributed by atoms with Crippen molar-refractivity contribution in [3.8, 4) is 0 Å². The summed E-state index contributed by atoms with van der Waals surface area (Å²) in [5.74, 6) is 0.456. The van der Waals surface area contributed by atoms with Crippen LogP contribution in [0.2, 0.25) is 5.02 Å². The van der Waals surface area contributed by atoms with Gasteiger partial charge in [0, 0.05) is 10.6 Å². The minimum absolute atomic E-state index is 0.456. The number of hydrogen-bond acceptors (Lipinski definition) is 2. The fourth-order valence-electron chi connectivity index (χ4n) is 1.07. The summed E-state index contributed by atoms with van der Waals surface area (Å²) in [6, 6.07) is 5.72. The molecule has 0 amide bonds. The zero-order chi connectivity index (χ0) is 9.84. The molecule has 0 saturated heterocycles. The standard InChI is InChI=1S/C10H12ClNO/c1-7(2)8-3-4-9(6-12-13)10(11)5-8/h3-7,13H,1-2H3. The Morgan fingerprint density at radius 2 is 2.15 bits per heavy atom. The number of oxime groups is 1. The molecule has 1 N–H and O–H groups in total. The lowest BCUT2D eigenvalue weighted by atomic mass is 10.0. The van der Waals surface area contributed by atoms with Crippen LogP contribution in [-0.4, -0.2) is 11.4 Å². The second kappa shape index (κ2) is 4.28. The van der Waals surface area contributed by atoms with E-state index in [0.717, 1.165) is 5.56 Å². The van der Waals surface area contributed by atoms with Crippen LogP contribution in [0.25, 0.3) is 0 Å². The van der Waals surface area contributed by atoms with Crippen molar-refractivity contribution in [1.82, 2.24) is 0 Å². The summed E-state index contributed by atoms with van der Waals surface area (Å²) in [7, 11) is 0. The molecule has 0 bridgehead atoms. The van der Waals surface area contributed by atoms with Crippen molar-refractivity contribution < 1.29 is 5.21 Å². The summed E-state index contributed by atoms with van der Waals surface area (Å²) in [6.07, 6.45) is 1.33. The van der Waals surface area contributed by atoms with Crippen LogP contribution in [0.1, 0.15) is 30.9 Å². The molecule has 0 heterocycles. The van der Waals surface area contributed by atoms with Crippen molar-refractivity contribution in [2.75, 3.05) is 0 Å². The summed E-state index contributed by atoms with van der Waals surface area (Å²) in [5.41, 5.74) is 1.91. The van der Waals surface area contributed by atoms with Crippen LogP contribution in [0.3, 0.4) is 0 Å². The third kappa shape index (κ3) is 2.46. The normalized spacial score (nSPS) is 11.4. The van der Waals surface area contributed by atoms with Crippen molar-refractivity contribution in [2.24, 2.45) is 5.16 Å². The van der Waals surface area contributed by atoms with Gasteiger partial charge < -0.3 is 5.21 Å². The summed E-state index contributed by atoms with van der Waals surface area (Å²) in [4.78, 5) is 0. The van der Waals surface area contributed by atoms with Gasteiger partial charge in [-0.15, -0.1) is 0 Å². The second-order valence-electron chi connectivity index (χ2n) is 3.18. The molecule has 0 unspecified atom stereocenters. The fraction of sp³-hybridized carbons (Fsp3) is 0.300. The topological polar surface area (TPSA) is 32.6 Å². The van der Waals surface area contributed by atoms with Gasteiger partial charge in [-0.05, 0) is 17.5 Å². The molecule has 0 aromatic heterocycles. The lowest BCUT2D eigenvalue weighted by molar-refractivity contribution is 0.322. The van der Waals surface area contributed by atoms with Crippen LogP contribution >= 0.6 is 11.6 Å². The summed E-state index contributed by atoms with van der Waals surface area (Å²) < 4.78 is 0. The van der Waals surface area contributed by atoms with Crippen LogP contribution < -0.4 is 0 Å². The van der Waals surface area contributed by atoms with Gasteiger partial charge in [0.15, 0.2) is 0 Å². The van der Waals surface area contributed by atoms with Gasteiger partial charge in [-0.25, -0.2) is 0 Å². The number of hydrogen-bond donors (Lipinski definition) is 1. The molecular weight excluding hydrogens is 186 g/mol. The number of rotatable bonds is 2. The highest BCUT2D eigenvalue weighted by atomic mass is 35.5. The van der Waals surface area contributed by atoms with E-state index < -0.39 is 0 Å². The average Bonchev–Trinajstić information content (AvgIpc) is 2.08. The smallest absolute Gasteiger partial charge is 0.0748 e. The Morgan fingerprint density at radius 1 is 1.46 bits per heavy atom. The lowest BCUT2D eigenvalue weighted by Crippen LogP contribution is -1.90. The van der Waals surface area contributed by atoms with Gasteiger partial charge in [-0.3, -0.25) is 0 Å². The first-order valence-corrected chi connectivity index (χ1v) is 4.50. The molecule has 0 aliphatic rings. The molecule has 0 radical (unpaired) electrons. The summed E-state index contributed by atoms with van der Waals surface area (Å²) >= 11 is 5.95. The van der Waals surface area contributed by atoms with Gasteiger partial charge in [0.05, 0.1) is 6.21 Å². The highest BCUT2D eigenvalue weighted by molar-refractivity contribution is 6.33. The van der Waals surface area contributed by atoms with Crippen molar-refractivity contribution in [3.05, 3.63) is 34.3 Å². The Hall–Kier alpha value is -1.02. The zero-order valence-electron chi connectivity index (χ0n) is 7.66.